The largest absolute Gasteiger partial charge is 0.251 e. The molecule has 16 heavy (non-hydrogen) atoms. The van der Waals surface area contributed by atoms with Gasteiger partial charge in [0.25, 0.3) is 0 Å². The summed E-state index contributed by atoms with van der Waals surface area (Å²) < 4.78 is 0. The minimum atomic E-state index is 0.384. The summed E-state index contributed by atoms with van der Waals surface area (Å²) in [5.74, 6) is 0. The van der Waals surface area contributed by atoms with E-state index >= 15 is 0 Å². The summed E-state index contributed by atoms with van der Waals surface area (Å²) in [6.45, 7) is 6.16. The van der Waals surface area contributed by atoms with Gasteiger partial charge in [-0.05, 0) is 43.5 Å². The fourth-order valence-electron chi connectivity index (χ4n) is 1.93. The number of aromatic nitrogens is 1. The zero-order valence-corrected chi connectivity index (χ0v) is 9.83. The third kappa shape index (κ3) is 1.65. The summed E-state index contributed by atoms with van der Waals surface area (Å²) >= 11 is 0. The van der Waals surface area contributed by atoms with E-state index in [0.29, 0.717) is 6.42 Å². The molecule has 0 fully saturated rings. The highest BCUT2D eigenvalue weighted by atomic mass is 14.7. The molecule has 2 heteroatoms. The van der Waals surface area contributed by atoms with Gasteiger partial charge in [0.15, 0.2) is 0 Å². The molecule has 0 aliphatic rings. The predicted molar refractivity (Wildman–Crippen MR) is 65.3 cm³/mol. The molecule has 1 aromatic carbocycles. The van der Waals surface area contributed by atoms with Crippen molar-refractivity contribution >= 4 is 10.9 Å². The zero-order chi connectivity index (χ0) is 11.7. The number of nitrogens with zero attached hydrogens (tertiary/aromatic N) is 2. The highest BCUT2D eigenvalue weighted by Gasteiger charge is 2.06. The molecule has 2 aromatic rings. The molecule has 0 N–H and O–H groups in total. The van der Waals surface area contributed by atoms with Crippen molar-refractivity contribution in [1.29, 1.82) is 5.26 Å². The lowest BCUT2D eigenvalue weighted by molar-refractivity contribution is 1.10. The Labute approximate surface area is 95.6 Å². The monoisotopic (exact) mass is 210 g/mol. The van der Waals surface area contributed by atoms with Crippen LogP contribution in [-0.4, -0.2) is 4.98 Å². The number of rotatable bonds is 1. The van der Waals surface area contributed by atoms with Crippen LogP contribution in [0.5, 0.6) is 0 Å². The number of fused-ring (bicyclic) bond motifs is 1. The Bertz CT molecular complexity index is 592. The van der Waals surface area contributed by atoms with Gasteiger partial charge in [0.2, 0.25) is 0 Å². The van der Waals surface area contributed by atoms with Crippen molar-refractivity contribution in [2.75, 3.05) is 0 Å². The summed E-state index contributed by atoms with van der Waals surface area (Å²) in [5, 5.41) is 9.94. The maximum Gasteiger partial charge on any atom is 0.0777 e. The Hall–Kier alpha value is -1.88. The van der Waals surface area contributed by atoms with Crippen LogP contribution in [0.3, 0.4) is 0 Å². The van der Waals surface area contributed by atoms with Crippen molar-refractivity contribution in [2.24, 2.45) is 0 Å². The normalized spacial score (nSPS) is 10.4. The van der Waals surface area contributed by atoms with Gasteiger partial charge in [-0.25, -0.2) is 0 Å². The van der Waals surface area contributed by atoms with Crippen LogP contribution >= 0.6 is 0 Å². The summed E-state index contributed by atoms with van der Waals surface area (Å²) in [4.78, 5) is 4.60. The van der Waals surface area contributed by atoms with E-state index in [2.05, 4.69) is 43.1 Å². The van der Waals surface area contributed by atoms with Gasteiger partial charge in [-0.1, -0.05) is 12.1 Å². The molecule has 0 bridgehead atoms. The molecule has 0 aliphatic carbocycles. The molecule has 0 radical (unpaired) electrons. The smallest absolute Gasteiger partial charge is 0.0777 e. The van der Waals surface area contributed by atoms with Crippen LogP contribution in [0, 0.1) is 32.1 Å². The van der Waals surface area contributed by atoms with Crippen molar-refractivity contribution in [1.82, 2.24) is 4.98 Å². The highest BCUT2D eigenvalue weighted by Crippen LogP contribution is 2.23. The van der Waals surface area contributed by atoms with Gasteiger partial charge in [0, 0.05) is 5.39 Å². The van der Waals surface area contributed by atoms with E-state index < -0.39 is 0 Å². The van der Waals surface area contributed by atoms with E-state index in [1.165, 1.54) is 16.5 Å². The van der Waals surface area contributed by atoms with Gasteiger partial charge in [0.05, 0.1) is 23.7 Å². The first-order valence-electron chi connectivity index (χ1n) is 5.37. The molecular weight excluding hydrogens is 196 g/mol. The Kier molecular flexibility index (Phi) is 2.62. The van der Waals surface area contributed by atoms with Crippen LogP contribution in [-0.2, 0) is 6.42 Å². The average molecular weight is 210 g/mol. The average Bonchev–Trinajstić information content (AvgIpc) is 2.26. The summed E-state index contributed by atoms with van der Waals surface area (Å²) in [7, 11) is 0. The van der Waals surface area contributed by atoms with Gasteiger partial charge in [-0.3, -0.25) is 4.98 Å². The Morgan fingerprint density at radius 3 is 2.50 bits per heavy atom. The summed E-state index contributed by atoms with van der Waals surface area (Å²) in [5.41, 5.74) is 5.42. The van der Waals surface area contributed by atoms with Crippen LogP contribution in [0.2, 0.25) is 0 Å². The molecule has 0 atom stereocenters. The number of aryl methyl sites for hydroxylation is 3. The molecule has 0 aliphatic heterocycles. The molecule has 0 spiro atoms. The lowest BCUT2D eigenvalue weighted by Crippen LogP contribution is -1.96. The number of hydrogen-bond acceptors (Lipinski definition) is 2. The lowest BCUT2D eigenvalue weighted by atomic mass is 10.0. The fraction of sp³-hybridized carbons (Fsp3) is 0.286. The zero-order valence-electron chi connectivity index (χ0n) is 9.83. The van der Waals surface area contributed by atoms with Crippen LogP contribution in [0.25, 0.3) is 10.9 Å². The fourth-order valence-corrected chi connectivity index (χ4v) is 1.93. The predicted octanol–water partition coefficient (Wildman–Crippen LogP) is 3.23. The molecule has 0 amide bonds. The maximum absolute atomic E-state index is 8.75. The van der Waals surface area contributed by atoms with E-state index in [1.807, 2.05) is 6.92 Å². The third-order valence-electron chi connectivity index (χ3n) is 2.95. The van der Waals surface area contributed by atoms with E-state index in [9.17, 15) is 0 Å². The van der Waals surface area contributed by atoms with Crippen molar-refractivity contribution in [3.63, 3.8) is 0 Å². The van der Waals surface area contributed by atoms with E-state index in [4.69, 9.17) is 5.26 Å². The number of pyridine rings is 1. The van der Waals surface area contributed by atoms with E-state index in [1.54, 1.807) is 0 Å². The summed E-state index contributed by atoms with van der Waals surface area (Å²) in [6, 6.07) is 8.49. The Morgan fingerprint density at radius 2 is 1.81 bits per heavy atom. The highest BCUT2D eigenvalue weighted by molar-refractivity contribution is 5.85. The maximum atomic E-state index is 8.75. The number of hydrogen-bond donors (Lipinski definition) is 0. The van der Waals surface area contributed by atoms with Crippen molar-refractivity contribution in [3.05, 3.63) is 40.6 Å². The van der Waals surface area contributed by atoms with Gasteiger partial charge >= 0.3 is 0 Å². The SMILES string of the molecule is Cc1cc2c(C)ccc(C)c2nc1CC#N. The topological polar surface area (TPSA) is 36.7 Å². The molecule has 1 heterocycles. The van der Waals surface area contributed by atoms with Crippen LogP contribution in [0.15, 0.2) is 18.2 Å². The standard InChI is InChI=1S/C14H14N2/c1-9-4-5-10(2)14-12(9)8-11(3)13(16-14)6-7-15/h4-5,8H,6H2,1-3H3. The lowest BCUT2D eigenvalue weighted by Gasteiger charge is -2.08. The van der Waals surface area contributed by atoms with Crippen molar-refractivity contribution in [2.45, 2.75) is 27.2 Å². The molecule has 2 rings (SSSR count). The van der Waals surface area contributed by atoms with Gasteiger partial charge in [-0.15, -0.1) is 0 Å². The molecule has 80 valence electrons. The van der Waals surface area contributed by atoms with Crippen LogP contribution < -0.4 is 0 Å². The second-order valence-corrected chi connectivity index (χ2v) is 4.18. The van der Waals surface area contributed by atoms with Crippen molar-refractivity contribution < 1.29 is 0 Å². The quantitative estimate of drug-likeness (QED) is 0.724. The molecule has 0 saturated carbocycles. The first-order valence-corrected chi connectivity index (χ1v) is 5.37. The first kappa shape index (κ1) is 10.6. The first-order chi connectivity index (χ1) is 7.63. The van der Waals surface area contributed by atoms with Gasteiger partial charge in [0.1, 0.15) is 0 Å². The Morgan fingerprint density at radius 1 is 1.12 bits per heavy atom. The number of benzene rings is 1. The van der Waals surface area contributed by atoms with E-state index in [0.717, 1.165) is 16.8 Å². The molecule has 0 saturated heterocycles. The Balaban J connectivity index is 2.79. The molecule has 2 nitrogen and oxygen atoms in total. The van der Waals surface area contributed by atoms with E-state index in [-0.39, 0.29) is 0 Å². The molecular formula is C14H14N2. The molecule has 0 unspecified atom stereocenters. The van der Waals surface area contributed by atoms with Crippen LogP contribution in [0.4, 0.5) is 0 Å². The second-order valence-electron chi connectivity index (χ2n) is 4.18. The van der Waals surface area contributed by atoms with Gasteiger partial charge < -0.3 is 0 Å². The minimum Gasteiger partial charge on any atom is -0.251 e. The van der Waals surface area contributed by atoms with Crippen molar-refractivity contribution in [3.8, 4) is 6.07 Å². The third-order valence-corrected chi connectivity index (χ3v) is 2.95. The number of nitriles is 1. The van der Waals surface area contributed by atoms with Gasteiger partial charge in [-0.2, -0.15) is 5.26 Å². The molecule has 1 aromatic heterocycles. The second kappa shape index (κ2) is 3.94. The van der Waals surface area contributed by atoms with Crippen LogP contribution in [0.1, 0.15) is 22.4 Å². The summed E-state index contributed by atoms with van der Waals surface area (Å²) in [6.07, 6.45) is 0.384. The minimum absolute atomic E-state index is 0.384.